The second-order valence-corrected chi connectivity index (χ2v) is 5.49. The van der Waals surface area contributed by atoms with Crippen molar-refractivity contribution in [1.82, 2.24) is 0 Å². The summed E-state index contributed by atoms with van der Waals surface area (Å²) >= 11 is 0. The van der Waals surface area contributed by atoms with E-state index in [1.807, 2.05) is 85.9 Å². The maximum atomic E-state index is 12.3. The monoisotopic (exact) mass is 314 g/mol. The molecule has 0 unspecified atom stereocenters. The van der Waals surface area contributed by atoms with E-state index in [9.17, 15) is 5.11 Å². The van der Waals surface area contributed by atoms with E-state index in [0.717, 1.165) is 16.8 Å². The molecule has 3 aromatic rings. The number of aromatic nitrogens is 1. The average Bonchev–Trinajstić information content (AvgIpc) is 2.62. The number of rotatable bonds is 4. The molecule has 0 aliphatic heterocycles. The van der Waals surface area contributed by atoms with Gasteiger partial charge in [0.25, 0.3) is 0 Å². The third kappa shape index (κ3) is 3.96. The van der Waals surface area contributed by atoms with Crippen LogP contribution in [0.5, 0.6) is 0 Å². The molecule has 0 aliphatic rings. The van der Waals surface area contributed by atoms with Crippen molar-refractivity contribution in [2.75, 3.05) is 0 Å². The van der Waals surface area contributed by atoms with Crippen molar-refractivity contribution in [2.24, 2.45) is 5.10 Å². The lowest BCUT2D eigenvalue weighted by Gasteiger charge is -2.06. The minimum atomic E-state index is -0.263. The summed E-state index contributed by atoms with van der Waals surface area (Å²) in [6.45, 7) is 1.98. The summed E-state index contributed by atoms with van der Waals surface area (Å²) in [6, 6.07) is 23.1. The van der Waals surface area contributed by atoms with Gasteiger partial charge in [0.15, 0.2) is 0 Å². The van der Waals surface area contributed by atoms with Crippen molar-refractivity contribution in [1.29, 1.82) is 0 Å². The molecule has 0 aliphatic carbocycles. The fraction of sp³-hybridized carbons (Fsp3) is 0.0476. The second-order valence-electron chi connectivity index (χ2n) is 5.49. The summed E-state index contributed by atoms with van der Waals surface area (Å²) in [5.74, 6) is -0.263. The minimum Gasteiger partial charge on any atom is -0.854 e. The van der Waals surface area contributed by atoms with Crippen molar-refractivity contribution in [2.45, 2.75) is 6.92 Å². The standard InChI is InChI=1S/C21H18N2O/c1-17-12-14-20(15-13-18-8-4-2-5-9-18)23(16-17)22-21(24)19-10-6-3-7-11-19/h2-16H,1H3/b15-13+. The number of hydrogen-bond donors (Lipinski definition) is 0. The Kier molecular flexibility index (Phi) is 4.82. The van der Waals surface area contributed by atoms with Crippen LogP contribution < -0.4 is 9.78 Å². The van der Waals surface area contributed by atoms with Crippen LogP contribution in [0.4, 0.5) is 0 Å². The lowest BCUT2D eigenvalue weighted by Crippen LogP contribution is -2.36. The van der Waals surface area contributed by atoms with Gasteiger partial charge in [-0.15, -0.1) is 0 Å². The number of pyridine rings is 1. The average molecular weight is 314 g/mol. The van der Waals surface area contributed by atoms with Crippen LogP contribution in [0, 0.1) is 6.92 Å². The molecular weight excluding hydrogens is 296 g/mol. The minimum absolute atomic E-state index is 0.263. The number of nitrogens with zero attached hydrogens (tertiary/aromatic N) is 2. The van der Waals surface area contributed by atoms with Gasteiger partial charge in [-0.2, -0.15) is 0 Å². The van der Waals surface area contributed by atoms with Gasteiger partial charge in [0.1, 0.15) is 0 Å². The van der Waals surface area contributed by atoms with Gasteiger partial charge in [0.05, 0.1) is 5.90 Å². The van der Waals surface area contributed by atoms with E-state index in [0.29, 0.717) is 5.56 Å². The van der Waals surface area contributed by atoms with Gasteiger partial charge in [0.2, 0.25) is 11.9 Å². The Morgan fingerprint density at radius 2 is 1.54 bits per heavy atom. The maximum absolute atomic E-state index is 12.3. The first-order valence-corrected chi connectivity index (χ1v) is 7.79. The van der Waals surface area contributed by atoms with Gasteiger partial charge in [-0.05, 0) is 35.3 Å². The van der Waals surface area contributed by atoms with Gasteiger partial charge in [0, 0.05) is 17.7 Å². The lowest BCUT2D eigenvalue weighted by atomic mass is 10.2. The zero-order valence-corrected chi connectivity index (χ0v) is 13.5. The van der Waals surface area contributed by atoms with Crippen LogP contribution >= 0.6 is 0 Å². The van der Waals surface area contributed by atoms with E-state index in [-0.39, 0.29) is 5.90 Å². The molecule has 0 radical (unpaired) electrons. The Balaban J connectivity index is 1.96. The van der Waals surface area contributed by atoms with Crippen LogP contribution in [0.1, 0.15) is 22.4 Å². The number of aryl methyl sites for hydroxylation is 1. The molecule has 0 saturated carbocycles. The molecule has 0 saturated heterocycles. The Morgan fingerprint density at radius 3 is 2.25 bits per heavy atom. The first-order valence-electron chi connectivity index (χ1n) is 7.79. The molecule has 0 fully saturated rings. The molecule has 2 aromatic carbocycles. The molecule has 3 rings (SSSR count). The molecule has 0 spiro atoms. The Hall–Kier alpha value is -3.20. The summed E-state index contributed by atoms with van der Waals surface area (Å²) in [5.41, 5.74) is 3.55. The highest BCUT2D eigenvalue weighted by Crippen LogP contribution is 2.06. The van der Waals surface area contributed by atoms with Gasteiger partial charge < -0.3 is 5.11 Å². The van der Waals surface area contributed by atoms with E-state index in [2.05, 4.69) is 5.10 Å². The zero-order valence-electron chi connectivity index (χ0n) is 13.5. The Bertz CT molecular complexity index is 869. The largest absolute Gasteiger partial charge is 0.854 e. The first kappa shape index (κ1) is 15.7. The van der Waals surface area contributed by atoms with Crippen LogP contribution in [0.2, 0.25) is 0 Å². The fourth-order valence-corrected chi connectivity index (χ4v) is 2.30. The number of hydrogen-bond acceptors (Lipinski definition) is 2. The van der Waals surface area contributed by atoms with E-state index in [1.54, 1.807) is 16.8 Å². The lowest BCUT2D eigenvalue weighted by molar-refractivity contribution is -0.683. The third-order valence-corrected chi connectivity index (χ3v) is 3.57. The summed E-state index contributed by atoms with van der Waals surface area (Å²) in [6.07, 6.45) is 5.81. The molecule has 0 amide bonds. The normalized spacial score (nSPS) is 11.8. The second kappa shape index (κ2) is 7.38. The molecule has 0 atom stereocenters. The fourth-order valence-electron chi connectivity index (χ4n) is 2.30. The molecule has 0 N–H and O–H groups in total. The number of benzene rings is 2. The third-order valence-electron chi connectivity index (χ3n) is 3.57. The van der Waals surface area contributed by atoms with Gasteiger partial charge >= 0.3 is 0 Å². The van der Waals surface area contributed by atoms with Crippen LogP contribution in [0.25, 0.3) is 12.2 Å². The van der Waals surface area contributed by atoms with E-state index in [1.165, 1.54) is 0 Å². The van der Waals surface area contributed by atoms with Crippen molar-refractivity contribution >= 4 is 18.0 Å². The topological polar surface area (TPSA) is 39.3 Å². The Labute approximate surface area is 141 Å². The highest BCUT2D eigenvalue weighted by molar-refractivity contribution is 5.89. The van der Waals surface area contributed by atoms with Crippen LogP contribution in [-0.4, -0.2) is 5.90 Å². The summed E-state index contributed by atoms with van der Waals surface area (Å²) < 4.78 is 1.63. The van der Waals surface area contributed by atoms with Crippen molar-refractivity contribution in [3.05, 3.63) is 101 Å². The van der Waals surface area contributed by atoms with Crippen molar-refractivity contribution in [3.63, 3.8) is 0 Å². The van der Waals surface area contributed by atoms with Crippen molar-refractivity contribution < 1.29 is 9.78 Å². The van der Waals surface area contributed by atoms with E-state index < -0.39 is 0 Å². The van der Waals surface area contributed by atoms with Crippen LogP contribution in [0.15, 0.2) is 84.1 Å². The zero-order chi connectivity index (χ0) is 16.8. The van der Waals surface area contributed by atoms with E-state index >= 15 is 0 Å². The highest BCUT2D eigenvalue weighted by atomic mass is 16.3. The predicted molar refractivity (Wildman–Crippen MR) is 95.1 cm³/mol. The molecule has 118 valence electrons. The first-order chi connectivity index (χ1) is 11.7. The molecule has 1 heterocycles. The van der Waals surface area contributed by atoms with Crippen LogP contribution in [-0.2, 0) is 0 Å². The highest BCUT2D eigenvalue weighted by Gasteiger charge is 2.08. The molecule has 0 bridgehead atoms. The SMILES string of the molecule is Cc1ccc(/C=C/c2ccccc2)[n+](/N=C(\[O-])c2ccccc2)c1. The molecule has 1 aromatic heterocycles. The van der Waals surface area contributed by atoms with Gasteiger partial charge in [-0.1, -0.05) is 65.3 Å². The summed E-state index contributed by atoms with van der Waals surface area (Å²) in [4.78, 5) is 0. The van der Waals surface area contributed by atoms with Gasteiger partial charge in [-0.3, -0.25) is 0 Å². The quantitative estimate of drug-likeness (QED) is 0.414. The smallest absolute Gasteiger partial charge is 0.238 e. The van der Waals surface area contributed by atoms with Crippen LogP contribution in [0.3, 0.4) is 0 Å². The van der Waals surface area contributed by atoms with Gasteiger partial charge in [-0.25, -0.2) is 0 Å². The molecule has 3 nitrogen and oxygen atoms in total. The Morgan fingerprint density at radius 1 is 0.875 bits per heavy atom. The molecular formula is C21H18N2O. The summed E-state index contributed by atoms with van der Waals surface area (Å²) in [5, 5.41) is 16.6. The molecule has 3 heteroatoms. The predicted octanol–water partition coefficient (Wildman–Crippen LogP) is 3.02. The van der Waals surface area contributed by atoms with Crippen molar-refractivity contribution in [3.8, 4) is 0 Å². The van der Waals surface area contributed by atoms with E-state index in [4.69, 9.17) is 0 Å². The summed E-state index contributed by atoms with van der Waals surface area (Å²) in [7, 11) is 0. The molecule has 24 heavy (non-hydrogen) atoms. The maximum Gasteiger partial charge on any atom is 0.238 e.